The van der Waals surface area contributed by atoms with E-state index in [1.807, 2.05) is 19.9 Å². The second kappa shape index (κ2) is 12.3. The Morgan fingerprint density at radius 3 is 2.46 bits per heavy atom. The van der Waals surface area contributed by atoms with Crippen molar-refractivity contribution in [3.05, 3.63) is 54.0 Å². The molecule has 0 bridgehead atoms. The molecule has 28 heavy (non-hydrogen) atoms. The highest BCUT2D eigenvalue weighted by Crippen LogP contribution is 2.16. The first-order valence-electron chi connectivity index (χ1n) is 9.31. The molecule has 2 rings (SSSR count). The van der Waals surface area contributed by atoms with Crippen LogP contribution in [0.1, 0.15) is 51.4 Å². The predicted molar refractivity (Wildman–Crippen MR) is 110 cm³/mol. The van der Waals surface area contributed by atoms with E-state index in [4.69, 9.17) is 5.26 Å². The van der Waals surface area contributed by atoms with Gasteiger partial charge in [0.1, 0.15) is 6.07 Å². The molecule has 150 valence electrons. The number of ether oxygens (including phenoxy) is 1. The smallest absolute Gasteiger partial charge is 0.425 e. The van der Waals surface area contributed by atoms with Crippen molar-refractivity contribution in [3.63, 3.8) is 0 Å². The maximum atomic E-state index is 11.2. The van der Waals surface area contributed by atoms with Gasteiger partial charge in [-0.2, -0.15) is 10.2 Å². The van der Waals surface area contributed by atoms with E-state index >= 15 is 0 Å². The molecule has 0 spiro atoms. The zero-order valence-electron chi connectivity index (χ0n) is 17.2. The summed E-state index contributed by atoms with van der Waals surface area (Å²) in [5, 5.41) is 10.3. The molecule has 1 aromatic heterocycles. The number of carbonyl (C=O) groups is 1. The van der Waals surface area contributed by atoms with E-state index in [0.717, 1.165) is 0 Å². The second-order valence-corrected chi connectivity index (χ2v) is 6.68. The van der Waals surface area contributed by atoms with Gasteiger partial charge in [0, 0.05) is 18.8 Å². The molecule has 1 heterocycles. The SMILES string of the molecule is CCC(C)c1ccccc1.COC(=O)NN(CC(C)C)c1ccnc(C#N)n1. The van der Waals surface area contributed by atoms with Crippen molar-refractivity contribution in [1.82, 2.24) is 15.4 Å². The third-order valence-corrected chi connectivity index (χ3v) is 3.96. The van der Waals surface area contributed by atoms with Crippen LogP contribution in [0.25, 0.3) is 0 Å². The number of benzene rings is 1. The van der Waals surface area contributed by atoms with Gasteiger partial charge in [0.25, 0.3) is 0 Å². The van der Waals surface area contributed by atoms with Gasteiger partial charge in [-0.25, -0.2) is 15.2 Å². The van der Waals surface area contributed by atoms with Crippen molar-refractivity contribution in [2.45, 2.75) is 40.0 Å². The molecule has 0 fully saturated rings. The van der Waals surface area contributed by atoms with Crippen molar-refractivity contribution < 1.29 is 9.53 Å². The molecule has 0 aliphatic heterocycles. The lowest BCUT2D eigenvalue weighted by Gasteiger charge is -2.24. The van der Waals surface area contributed by atoms with Crippen LogP contribution >= 0.6 is 0 Å². The lowest BCUT2D eigenvalue weighted by molar-refractivity contribution is 0.169. The van der Waals surface area contributed by atoms with Crippen molar-refractivity contribution in [1.29, 1.82) is 5.26 Å². The van der Waals surface area contributed by atoms with Crippen LogP contribution in [0.2, 0.25) is 0 Å². The summed E-state index contributed by atoms with van der Waals surface area (Å²) in [7, 11) is 1.28. The van der Waals surface area contributed by atoms with Gasteiger partial charge in [-0.1, -0.05) is 58.0 Å². The van der Waals surface area contributed by atoms with Gasteiger partial charge < -0.3 is 4.74 Å². The van der Waals surface area contributed by atoms with E-state index < -0.39 is 6.09 Å². The Morgan fingerprint density at radius 1 is 1.25 bits per heavy atom. The van der Waals surface area contributed by atoms with Crippen LogP contribution in [0.3, 0.4) is 0 Å². The van der Waals surface area contributed by atoms with Crippen LogP contribution in [0.15, 0.2) is 42.6 Å². The van der Waals surface area contributed by atoms with E-state index in [2.05, 4.69) is 64.3 Å². The fraction of sp³-hybridized carbons (Fsp3) is 0.429. The molecule has 1 atom stereocenters. The Morgan fingerprint density at radius 2 is 1.93 bits per heavy atom. The quantitative estimate of drug-likeness (QED) is 0.749. The van der Waals surface area contributed by atoms with Gasteiger partial charge >= 0.3 is 6.09 Å². The summed E-state index contributed by atoms with van der Waals surface area (Å²) in [5.41, 5.74) is 3.99. The zero-order chi connectivity index (χ0) is 20.9. The summed E-state index contributed by atoms with van der Waals surface area (Å²) in [4.78, 5) is 19.0. The Kier molecular flexibility index (Phi) is 10.0. The van der Waals surface area contributed by atoms with E-state index in [9.17, 15) is 4.79 Å². The molecule has 0 aliphatic rings. The number of hydrazine groups is 1. The second-order valence-electron chi connectivity index (χ2n) is 6.68. The molecular weight excluding hydrogens is 354 g/mol. The number of methoxy groups -OCH3 is 1. The minimum absolute atomic E-state index is 0.0490. The zero-order valence-corrected chi connectivity index (χ0v) is 17.2. The minimum atomic E-state index is -0.590. The molecule has 7 nitrogen and oxygen atoms in total. The van der Waals surface area contributed by atoms with Crippen LogP contribution in [-0.4, -0.2) is 29.7 Å². The number of amides is 1. The minimum Gasteiger partial charge on any atom is -0.452 e. The predicted octanol–water partition coefficient (Wildman–Crippen LogP) is 4.28. The van der Waals surface area contributed by atoms with Gasteiger partial charge in [-0.3, -0.25) is 5.01 Å². The van der Waals surface area contributed by atoms with Crippen molar-refractivity contribution in [2.75, 3.05) is 18.7 Å². The highest BCUT2D eigenvalue weighted by atomic mass is 16.5. The first-order chi connectivity index (χ1) is 13.4. The molecule has 1 amide bonds. The Hall–Kier alpha value is -3.14. The highest BCUT2D eigenvalue weighted by Gasteiger charge is 2.14. The first-order valence-corrected chi connectivity index (χ1v) is 9.31. The number of hydrogen-bond donors (Lipinski definition) is 1. The van der Waals surface area contributed by atoms with E-state index in [1.54, 1.807) is 6.07 Å². The normalized spacial score (nSPS) is 10.9. The van der Waals surface area contributed by atoms with Gasteiger partial charge in [-0.15, -0.1) is 0 Å². The molecule has 2 aromatic rings. The van der Waals surface area contributed by atoms with E-state index in [-0.39, 0.29) is 5.82 Å². The highest BCUT2D eigenvalue weighted by molar-refractivity contribution is 5.69. The molecule has 7 heteroatoms. The lowest BCUT2D eigenvalue weighted by Crippen LogP contribution is -2.45. The van der Waals surface area contributed by atoms with Gasteiger partial charge in [0.15, 0.2) is 5.82 Å². The third-order valence-electron chi connectivity index (χ3n) is 3.96. The maximum absolute atomic E-state index is 11.2. The van der Waals surface area contributed by atoms with Crippen molar-refractivity contribution >= 4 is 11.9 Å². The summed E-state index contributed by atoms with van der Waals surface area (Å²) >= 11 is 0. The van der Waals surface area contributed by atoms with Crippen LogP contribution in [0.5, 0.6) is 0 Å². The van der Waals surface area contributed by atoms with Crippen LogP contribution < -0.4 is 10.4 Å². The number of aromatic nitrogens is 2. The number of nitrogens with one attached hydrogen (secondary N) is 1. The summed E-state index contributed by atoms with van der Waals surface area (Å²) in [5.74, 6) is 1.50. The fourth-order valence-electron chi connectivity index (χ4n) is 2.29. The molecule has 0 aliphatic carbocycles. The summed E-state index contributed by atoms with van der Waals surface area (Å²) in [6.07, 6.45) is 2.10. The van der Waals surface area contributed by atoms with Crippen LogP contribution in [-0.2, 0) is 4.74 Å². The Balaban J connectivity index is 0.000000330. The number of anilines is 1. The molecule has 0 saturated heterocycles. The maximum Gasteiger partial charge on any atom is 0.425 e. The standard InChI is InChI=1S/C11H15N5O2.C10H14/c1-8(2)7-16(15-11(17)18-3)10-4-5-13-9(6-12)14-10;1-3-9(2)10-7-5-4-6-8-10/h4-5,8H,7H2,1-3H3,(H,15,17);4-9H,3H2,1-2H3. The third kappa shape index (κ3) is 8.04. The molecule has 1 aromatic carbocycles. The molecular formula is C21H29N5O2. The Bertz CT molecular complexity index is 759. The van der Waals surface area contributed by atoms with Crippen molar-refractivity contribution in [2.24, 2.45) is 5.92 Å². The largest absolute Gasteiger partial charge is 0.452 e. The van der Waals surface area contributed by atoms with Crippen LogP contribution in [0, 0.1) is 17.2 Å². The summed E-state index contributed by atoms with van der Waals surface area (Å²) in [6, 6.07) is 14.1. The van der Waals surface area contributed by atoms with Gasteiger partial charge in [-0.05, 0) is 23.8 Å². The number of nitrogens with zero attached hydrogens (tertiary/aromatic N) is 4. The Labute approximate surface area is 167 Å². The molecule has 0 saturated carbocycles. The average molecular weight is 383 g/mol. The first kappa shape index (κ1) is 22.9. The van der Waals surface area contributed by atoms with Crippen LogP contribution in [0.4, 0.5) is 10.6 Å². The fourth-order valence-corrected chi connectivity index (χ4v) is 2.29. The topological polar surface area (TPSA) is 91.1 Å². The van der Waals surface area contributed by atoms with Gasteiger partial charge in [0.2, 0.25) is 5.82 Å². The van der Waals surface area contributed by atoms with E-state index in [1.165, 1.54) is 30.3 Å². The monoisotopic (exact) mass is 383 g/mol. The summed E-state index contributed by atoms with van der Waals surface area (Å²) in [6.45, 7) is 9.01. The molecule has 1 unspecified atom stereocenters. The number of nitriles is 1. The van der Waals surface area contributed by atoms with Crippen molar-refractivity contribution in [3.8, 4) is 6.07 Å². The average Bonchev–Trinajstić information content (AvgIpc) is 2.73. The number of hydrogen-bond acceptors (Lipinski definition) is 6. The van der Waals surface area contributed by atoms with E-state index in [0.29, 0.717) is 24.2 Å². The molecule has 1 N–H and O–H groups in total. The number of rotatable bonds is 6. The lowest BCUT2D eigenvalue weighted by atomic mass is 9.99. The summed E-state index contributed by atoms with van der Waals surface area (Å²) < 4.78 is 4.54. The number of carbonyl (C=O) groups excluding carboxylic acids is 1. The molecule has 0 radical (unpaired) electrons. The van der Waals surface area contributed by atoms with Gasteiger partial charge in [0.05, 0.1) is 7.11 Å².